The van der Waals surface area contributed by atoms with Crippen molar-refractivity contribution in [2.75, 3.05) is 23.7 Å². The lowest BCUT2D eigenvalue weighted by atomic mass is 10.3. The van der Waals surface area contributed by atoms with Gasteiger partial charge in [-0.1, -0.05) is 0 Å². The second kappa shape index (κ2) is 5.98. The molecule has 0 unspecified atom stereocenters. The molecule has 1 aromatic heterocycles. The molecule has 0 saturated carbocycles. The Labute approximate surface area is 131 Å². The highest BCUT2D eigenvalue weighted by Gasteiger charge is 2.16. The topological polar surface area (TPSA) is 62.3 Å². The molecule has 0 bridgehead atoms. The zero-order valence-electron chi connectivity index (χ0n) is 11.3. The van der Waals surface area contributed by atoms with Crippen LogP contribution in [-0.4, -0.2) is 27.5 Å². The zero-order chi connectivity index (χ0) is 15.6. The van der Waals surface area contributed by atoms with Gasteiger partial charge in [-0.15, -0.1) is 0 Å². The monoisotopic (exact) mass is 373 g/mol. The van der Waals surface area contributed by atoms with Crippen LogP contribution in [0.4, 0.5) is 15.9 Å². The molecule has 1 aromatic carbocycles. The molecule has 0 spiro atoms. The van der Waals surface area contributed by atoms with E-state index in [0.29, 0.717) is 11.5 Å². The molecule has 0 fully saturated rings. The highest BCUT2D eigenvalue weighted by molar-refractivity contribution is 9.10. The number of rotatable bonds is 4. The lowest BCUT2D eigenvalue weighted by molar-refractivity contribution is 0.593. The van der Waals surface area contributed by atoms with Crippen molar-refractivity contribution in [1.82, 2.24) is 4.98 Å². The Morgan fingerprint density at radius 3 is 2.48 bits per heavy atom. The van der Waals surface area contributed by atoms with Crippen molar-refractivity contribution in [1.29, 1.82) is 0 Å². The number of pyridine rings is 1. The highest BCUT2D eigenvalue weighted by atomic mass is 79.9. The van der Waals surface area contributed by atoms with Crippen LogP contribution in [0.25, 0.3) is 0 Å². The van der Waals surface area contributed by atoms with Crippen LogP contribution in [0.1, 0.15) is 0 Å². The second-order valence-corrected chi connectivity index (χ2v) is 7.02. The first-order valence-electron chi connectivity index (χ1n) is 5.91. The van der Waals surface area contributed by atoms with Crippen molar-refractivity contribution in [3.05, 3.63) is 46.8 Å². The minimum atomic E-state index is -3.85. The number of halogens is 2. The highest BCUT2D eigenvalue weighted by Crippen LogP contribution is 2.22. The molecule has 21 heavy (non-hydrogen) atoms. The van der Waals surface area contributed by atoms with E-state index in [2.05, 4.69) is 25.6 Å². The van der Waals surface area contributed by atoms with Crippen molar-refractivity contribution in [2.24, 2.45) is 0 Å². The van der Waals surface area contributed by atoms with E-state index in [0.717, 1.165) is 6.07 Å². The molecule has 0 radical (unpaired) electrons. The maximum Gasteiger partial charge on any atom is 0.262 e. The molecule has 0 aliphatic heterocycles. The third-order valence-electron chi connectivity index (χ3n) is 2.66. The summed E-state index contributed by atoms with van der Waals surface area (Å²) in [7, 11) is -0.190. The summed E-state index contributed by atoms with van der Waals surface area (Å²) in [4.78, 5) is 5.75. The van der Waals surface area contributed by atoms with E-state index in [-0.39, 0.29) is 9.37 Å². The number of benzene rings is 1. The first-order chi connectivity index (χ1) is 9.79. The number of nitrogens with one attached hydrogen (secondary N) is 1. The fourth-order valence-electron chi connectivity index (χ4n) is 1.57. The van der Waals surface area contributed by atoms with Crippen molar-refractivity contribution in [3.63, 3.8) is 0 Å². The zero-order valence-corrected chi connectivity index (χ0v) is 13.7. The number of aromatic nitrogens is 1. The molecule has 2 aromatic rings. The number of anilines is 2. The molecule has 2 rings (SSSR count). The first kappa shape index (κ1) is 15.7. The van der Waals surface area contributed by atoms with E-state index in [1.807, 2.05) is 14.1 Å². The van der Waals surface area contributed by atoms with Gasteiger partial charge in [0.05, 0.1) is 21.3 Å². The lowest BCUT2D eigenvalue weighted by Gasteiger charge is -2.12. The average Bonchev–Trinajstić information content (AvgIpc) is 2.42. The molecule has 1 heterocycles. The van der Waals surface area contributed by atoms with Crippen LogP contribution in [-0.2, 0) is 10.0 Å². The van der Waals surface area contributed by atoms with Gasteiger partial charge in [0, 0.05) is 14.1 Å². The summed E-state index contributed by atoms with van der Waals surface area (Å²) < 4.78 is 40.3. The van der Waals surface area contributed by atoms with Crippen LogP contribution in [0.5, 0.6) is 0 Å². The summed E-state index contributed by atoms with van der Waals surface area (Å²) in [5, 5.41) is 0. The molecule has 0 saturated heterocycles. The van der Waals surface area contributed by atoms with E-state index >= 15 is 0 Å². The molecule has 0 amide bonds. The molecule has 1 N–H and O–H groups in total. The summed E-state index contributed by atoms with van der Waals surface area (Å²) in [6, 6.07) is 6.89. The second-order valence-electron chi connectivity index (χ2n) is 4.48. The standard InChI is InChI=1S/C13H13BrFN3O2S/c1-18(2)13-6-3-9(8-16-13)17-21(19,20)10-4-5-11(14)12(15)7-10/h3-8,17H,1-2H3. The predicted molar refractivity (Wildman–Crippen MR) is 83.5 cm³/mol. The molecule has 112 valence electrons. The molecule has 5 nitrogen and oxygen atoms in total. The predicted octanol–water partition coefficient (Wildman–Crippen LogP) is 2.85. The third-order valence-corrected chi connectivity index (χ3v) is 4.68. The minimum Gasteiger partial charge on any atom is -0.363 e. The Morgan fingerprint density at radius 1 is 1.24 bits per heavy atom. The van der Waals surface area contributed by atoms with Crippen LogP contribution in [0, 0.1) is 5.82 Å². The Bertz CT molecular complexity index is 749. The quantitative estimate of drug-likeness (QED) is 0.894. The van der Waals surface area contributed by atoms with Gasteiger partial charge in [0.2, 0.25) is 0 Å². The lowest BCUT2D eigenvalue weighted by Crippen LogP contribution is -2.14. The minimum absolute atomic E-state index is 0.153. The van der Waals surface area contributed by atoms with Crippen molar-refractivity contribution in [3.8, 4) is 0 Å². The Hall–Kier alpha value is -1.67. The van der Waals surface area contributed by atoms with E-state index in [4.69, 9.17) is 0 Å². The summed E-state index contributed by atoms with van der Waals surface area (Å²) in [6.07, 6.45) is 1.40. The van der Waals surface area contributed by atoms with Crippen molar-refractivity contribution < 1.29 is 12.8 Å². The largest absolute Gasteiger partial charge is 0.363 e. The van der Waals surface area contributed by atoms with Crippen LogP contribution in [0.15, 0.2) is 45.9 Å². The van der Waals surface area contributed by atoms with E-state index in [1.54, 1.807) is 17.0 Å². The van der Waals surface area contributed by atoms with Crippen LogP contribution < -0.4 is 9.62 Å². The van der Waals surface area contributed by atoms with Crippen LogP contribution in [0.3, 0.4) is 0 Å². The van der Waals surface area contributed by atoms with Crippen molar-refractivity contribution >= 4 is 37.5 Å². The molecule has 0 aliphatic rings. The van der Waals surface area contributed by atoms with Gasteiger partial charge in [-0.05, 0) is 46.3 Å². The maximum atomic E-state index is 13.4. The molecule has 0 aliphatic carbocycles. The normalized spacial score (nSPS) is 11.2. The van der Waals surface area contributed by atoms with Gasteiger partial charge in [-0.2, -0.15) is 0 Å². The average molecular weight is 374 g/mol. The molecular weight excluding hydrogens is 361 g/mol. The number of hydrogen-bond donors (Lipinski definition) is 1. The first-order valence-corrected chi connectivity index (χ1v) is 8.18. The Balaban J connectivity index is 2.26. The Morgan fingerprint density at radius 2 is 1.95 bits per heavy atom. The number of nitrogens with zero attached hydrogens (tertiary/aromatic N) is 2. The van der Waals surface area contributed by atoms with Gasteiger partial charge < -0.3 is 4.90 Å². The summed E-state index contributed by atoms with van der Waals surface area (Å²) in [5.41, 5.74) is 0.309. The maximum absolute atomic E-state index is 13.4. The van der Waals surface area contributed by atoms with Gasteiger partial charge in [-0.25, -0.2) is 17.8 Å². The van der Waals surface area contributed by atoms with Crippen LogP contribution in [0.2, 0.25) is 0 Å². The van der Waals surface area contributed by atoms with Gasteiger partial charge in [0.1, 0.15) is 11.6 Å². The third kappa shape index (κ3) is 3.70. The van der Waals surface area contributed by atoms with E-state index < -0.39 is 15.8 Å². The SMILES string of the molecule is CN(C)c1ccc(NS(=O)(=O)c2ccc(Br)c(F)c2)cn1. The van der Waals surface area contributed by atoms with E-state index in [1.165, 1.54) is 18.3 Å². The fourth-order valence-corrected chi connectivity index (χ4v) is 2.87. The number of hydrogen-bond acceptors (Lipinski definition) is 4. The summed E-state index contributed by atoms with van der Waals surface area (Å²) in [5.74, 6) is 0.0617. The van der Waals surface area contributed by atoms with Crippen molar-refractivity contribution in [2.45, 2.75) is 4.90 Å². The van der Waals surface area contributed by atoms with Gasteiger partial charge in [0.25, 0.3) is 10.0 Å². The number of sulfonamides is 1. The van der Waals surface area contributed by atoms with Crippen LogP contribution >= 0.6 is 15.9 Å². The van der Waals surface area contributed by atoms with Gasteiger partial charge >= 0.3 is 0 Å². The smallest absolute Gasteiger partial charge is 0.262 e. The fraction of sp³-hybridized carbons (Fsp3) is 0.154. The molecular formula is C13H13BrFN3O2S. The van der Waals surface area contributed by atoms with Gasteiger partial charge in [-0.3, -0.25) is 4.72 Å². The molecule has 8 heteroatoms. The van der Waals surface area contributed by atoms with E-state index in [9.17, 15) is 12.8 Å². The van der Waals surface area contributed by atoms with Gasteiger partial charge in [0.15, 0.2) is 0 Å². The molecule has 0 atom stereocenters. The Kier molecular flexibility index (Phi) is 4.48. The summed E-state index contributed by atoms with van der Waals surface area (Å²) >= 11 is 2.98. The summed E-state index contributed by atoms with van der Waals surface area (Å²) in [6.45, 7) is 0.